The molecule has 5 rings (SSSR count). The quantitative estimate of drug-likeness (QED) is 0.732. The third kappa shape index (κ3) is 2.52. The van der Waals surface area contributed by atoms with Crippen LogP contribution >= 0.6 is 0 Å². The van der Waals surface area contributed by atoms with Gasteiger partial charge in [0, 0.05) is 30.4 Å². The van der Waals surface area contributed by atoms with Gasteiger partial charge in [0.25, 0.3) is 0 Å². The minimum atomic E-state index is 0.186. The molecule has 0 spiro atoms. The van der Waals surface area contributed by atoms with Crippen molar-refractivity contribution in [3.63, 3.8) is 0 Å². The van der Waals surface area contributed by atoms with E-state index in [9.17, 15) is 5.26 Å². The Balaban J connectivity index is 1.43. The average molecular weight is 333 g/mol. The van der Waals surface area contributed by atoms with E-state index in [1.807, 2.05) is 28.8 Å². The molecule has 25 heavy (non-hydrogen) atoms. The number of aromatic nitrogens is 3. The van der Waals surface area contributed by atoms with Crippen LogP contribution < -0.4 is 0 Å². The Morgan fingerprint density at radius 3 is 3.04 bits per heavy atom. The summed E-state index contributed by atoms with van der Waals surface area (Å²) in [6, 6.07) is 8.50. The molecule has 0 aromatic carbocycles. The lowest BCUT2D eigenvalue weighted by Gasteiger charge is -2.21. The van der Waals surface area contributed by atoms with E-state index in [0.29, 0.717) is 5.92 Å². The zero-order valence-corrected chi connectivity index (χ0v) is 13.9. The van der Waals surface area contributed by atoms with Crippen molar-refractivity contribution in [2.45, 2.75) is 44.2 Å². The summed E-state index contributed by atoms with van der Waals surface area (Å²) in [4.78, 5) is 7.01. The lowest BCUT2D eigenvalue weighted by Crippen LogP contribution is -2.23. The number of pyridine rings is 1. The summed E-state index contributed by atoms with van der Waals surface area (Å²) >= 11 is 0. The lowest BCUT2D eigenvalue weighted by atomic mass is 10.1. The molecule has 1 atom stereocenters. The molecule has 1 aliphatic heterocycles. The fourth-order valence-electron chi connectivity index (χ4n) is 3.83. The third-order valence-corrected chi connectivity index (χ3v) is 5.29. The first-order valence-corrected chi connectivity index (χ1v) is 8.89. The van der Waals surface area contributed by atoms with Crippen LogP contribution in [0, 0.1) is 11.3 Å². The number of likely N-dealkylation sites (tertiary alicyclic amines) is 1. The molecule has 4 heterocycles. The van der Waals surface area contributed by atoms with Gasteiger partial charge in [-0.15, -0.1) is 0 Å². The Hall–Kier alpha value is -2.65. The lowest BCUT2D eigenvalue weighted by molar-refractivity contribution is 0.234. The molecule has 126 valence electrons. The Labute approximate surface area is 145 Å². The van der Waals surface area contributed by atoms with Gasteiger partial charge in [0.1, 0.15) is 6.07 Å². The van der Waals surface area contributed by atoms with Crippen molar-refractivity contribution in [3.05, 3.63) is 53.4 Å². The van der Waals surface area contributed by atoms with Gasteiger partial charge in [0.2, 0.25) is 5.89 Å². The molecular formula is C19H19N5O. The molecule has 1 saturated heterocycles. The molecule has 0 N–H and O–H groups in total. The van der Waals surface area contributed by atoms with E-state index >= 15 is 0 Å². The van der Waals surface area contributed by atoms with Crippen LogP contribution in [0.25, 0.3) is 5.52 Å². The van der Waals surface area contributed by atoms with Crippen LogP contribution in [0.4, 0.5) is 0 Å². The normalized spacial score (nSPS) is 21.0. The molecule has 0 unspecified atom stereocenters. The average Bonchev–Trinajstić information content (AvgIpc) is 3.07. The molecule has 3 aromatic heterocycles. The molecule has 6 heteroatoms. The maximum absolute atomic E-state index is 9.61. The van der Waals surface area contributed by atoms with Crippen molar-refractivity contribution in [3.8, 4) is 6.07 Å². The number of rotatable bonds is 4. The summed E-state index contributed by atoms with van der Waals surface area (Å²) in [6.07, 6.45) is 8.54. The van der Waals surface area contributed by atoms with Crippen LogP contribution in [0.3, 0.4) is 0 Å². The van der Waals surface area contributed by atoms with Gasteiger partial charge in [0.05, 0.1) is 17.1 Å². The van der Waals surface area contributed by atoms with Crippen LogP contribution in [0.2, 0.25) is 0 Å². The van der Waals surface area contributed by atoms with E-state index in [0.717, 1.165) is 54.3 Å². The molecule has 3 aromatic rings. The van der Waals surface area contributed by atoms with Gasteiger partial charge in [-0.25, -0.2) is 0 Å². The Morgan fingerprint density at radius 2 is 2.20 bits per heavy atom. The second-order valence-electron chi connectivity index (χ2n) is 7.03. The second kappa shape index (κ2) is 5.71. The van der Waals surface area contributed by atoms with E-state index < -0.39 is 0 Å². The predicted molar refractivity (Wildman–Crippen MR) is 90.8 cm³/mol. The predicted octanol–water partition coefficient (Wildman–Crippen LogP) is 3.41. The first-order valence-electron chi connectivity index (χ1n) is 8.89. The minimum Gasteiger partial charge on any atom is -0.339 e. The second-order valence-corrected chi connectivity index (χ2v) is 7.03. The van der Waals surface area contributed by atoms with Crippen molar-refractivity contribution in [2.24, 2.45) is 0 Å². The Bertz CT molecular complexity index is 962. The topological polar surface area (TPSA) is 70.4 Å². The number of nitriles is 1. The van der Waals surface area contributed by atoms with E-state index in [2.05, 4.69) is 27.3 Å². The number of fused-ring (bicyclic) bond motifs is 1. The zero-order chi connectivity index (χ0) is 16.8. The largest absolute Gasteiger partial charge is 0.339 e. The van der Waals surface area contributed by atoms with Crippen molar-refractivity contribution in [2.75, 3.05) is 6.54 Å². The third-order valence-electron chi connectivity index (χ3n) is 5.29. The first-order chi connectivity index (χ1) is 12.3. The van der Waals surface area contributed by atoms with Gasteiger partial charge < -0.3 is 8.92 Å². The molecule has 0 amide bonds. The SMILES string of the molecule is N#Cc1c(CN2CCC[C@H]2c2noc(C3CC3)n2)cn2ccccc12. The van der Waals surface area contributed by atoms with Crippen LogP contribution in [0.5, 0.6) is 0 Å². The number of hydrogen-bond donors (Lipinski definition) is 0. The summed E-state index contributed by atoms with van der Waals surface area (Å²) < 4.78 is 7.47. The zero-order valence-electron chi connectivity index (χ0n) is 13.9. The van der Waals surface area contributed by atoms with Gasteiger partial charge in [-0.2, -0.15) is 10.2 Å². The highest BCUT2D eigenvalue weighted by atomic mass is 16.5. The number of hydrogen-bond acceptors (Lipinski definition) is 5. The molecule has 2 aliphatic rings. The van der Waals surface area contributed by atoms with Crippen LogP contribution in [0.1, 0.15) is 60.5 Å². The maximum atomic E-state index is 9.61. The molecular weight excluding hydrogens is 314 g/mol. The maximum Gasteiger partial charge on any atom is 0.229 e. The van der Waals surface area contributed by atoms with Crippen LogP contribution in [-0.2, 0) is 6.54 Å². The monoisotopic (exact) mass is 333 g/mol. The summed E-state index contributed by atoms with van der Waals surface area (Å²) in [5, 5.41) is 13.9. The number of nitrogens with zero attached hydrogens (tertiary/aromatic N) is 5. The minimum absolute atomic E-state index is 0.186. The van der Waals surface area contributed by atoms with E-state index in [4.69, 9.17) is 4.52 Å². The van der Waals surface area contributed by atoms with Gasteiger partial charge >= 0.3 is 0 Å². The summed E-state index contributed by atoms with van der Waals surface area (Å²) in [6.45, 7) is 1.73. The van der Waals surface area contributed by atoms with E-state index in [-0.39, 0.29) is 6.04 Å². The molecule has 1 saturated carbocycles. The summed E-state index contributed by atoms with van der Waals surface area (Å²) in [5.41, 5.74) is 2.79. The summed E-state index contributed by atoms with van der Waals surface area (Å²) in [7, 11) is 0. The highest BCUT2D eigenvalue weighted by Crippen LogP contribution is 2.40. The van der Waals surface area contributed by atoms with E-state index in [1.165, 1.54) is 12.8 Å². The van der Waals surface area contributed by atoms with Gasteiger partial charge in [-0.3, -0.25) is 4.90 Å². The van der Waals surface area contributed by atoms with E-state index in [1.54, 1.807) is 0 Å². The summed E-state index contributed by atoms with van der Waals surface area (Å²) in [5.74, 6) is 2.09. The molecule has 6 nitrogen and oxygen atoms in total. The van der Waals surface area contributed by atoms with Crippen molar-refractivity contribution >= 4 is 5.52 Å². The van der Waals surface area contributed by atoms with Crippen molar-refractivity contribution in [1.82, 2.24) is 19.4 Å². The highest BCUT2D eigenvalue weighted by molar-refractivity contribution is 5.65. The Kier molecular flexibility index (Phi) is 3.35. The van der Waals surface area contributed by atoms with Gasteiger partial charge in [-0.05, 0) is 44.4 Å². The molecule has 1 aliphatic carbocycles. The fourth-order valence-corrected chi connectivity index (χ4v) is 3.83. The van der Waals surface area contributed by atoms with Gasteiger partial charge in [0.15, 0.2) is 5.82 Å². The molecule has 2 fully saturated rings. The van der Waals surface area contributed by atoms with Crippen molar-refractivity contribution in [1.29, 1.82) is 5.26 Å². The molecule has 0 radical (unpaired) electrons. The van der Waals surface area contributed by atoms with Crippen molar-refractivity contribution < 1.29 is 4.52 Å². The first kappa shape index (κ1) is 14.7. The highest BCUT2D eigenvalue weighted by Gasteiger charge is 2.34. The van der Waals surface area contributed by atoms with Crippen LogP contribution in [0.15, 0.2) is 35.1 Å². The van der Waals surface area contributed by atoms with Gasteiger partial charge in [-0.1, -0.05) is 11.2 Å². The molecule has 0 bridgehead atoms. The smallest absolute Gasteiger partial charge is 0.229 e. The standard InChI is InChI=1S/C19H19N5O/c20-10-15-14(11-23-8-2-1-4-16(15)23)12-24-9-3-5-17(24)18-21-19(25-22-18)13-6-7-13/h1-2,4,8,11,13,17H,3,5-7,9,12H2/t17-/m0/s1. The van der Waals surface area contributed by atoms with Crippen LogP contribution in [-0.4, -0.2) is 26.0 Å². The fraction of sp³-hybridized carbons (Fsp3) is 0.421. The Morgan fingerprint density at radius 1 is 1.28 bits per heavy atom.